The van der Waals surface area contributed by atoms with Gasteiger partial charge in [-0.3, -0.25) is 14.4 Å². The minimum Gasteiger partial charge on any atom is -0.479 e. The molecule has 12 heteroatoms. The molecule has 0 aromatic heterocycles. The Hall–Kier alpha value is -5.14. The summed E-state index contributed by atoms with van der Waals surface area (Å²) in [7, 11) is 0. The fourth-order valence-electron chi connectivity index (χ4n) is 8.15. The first kappa shape index (κ1) is 71.9. The summed E-state index contributed by atoms with van der Waals surface area (Å²) in [6, 6.07) is 0. The van der Waals surface area contributed by atoms with Crippen LogP contribution in [0.2, 0.25) is 0 Å². The fraction of sp³-hybridized carbons (Fsp3) is 0.612. The summed E-state index contributed by atoms with van der Waals surface area (Å²) in [5.74, 6) is -3.28. The molecule has 1 fully saturated rings. The molecule has 0 bridgehead atoms. The van der Waals surface area contributed by atoms with E-state index in [1.54, 1.807) is 0 Å². The zero-order valence-electron chi connectivity index (χ0n) is 48.8. The number of aliphatic carboxylic acids is 1. The highest BCUT2D eigenvalue weighted by Gasteiger charge is 2.50. The van der Waals surface area contributed by atoms with Crippen LogP contribution in [0.4, 0.5) is 0 Å². The Labute approximate surface area is 477 Å². The molecule has 0 saturated carbocycles. The molecule has 444 valence electrons. The first-order valence-corrected chi connectivity index (χ1v) is 30.2. The highest BCUT2D eigenvalue weighted by atomic mass is 16.7. The van der Waals surface area contributed by atoms with Crippen molar-refractivity contribution in [1.29, 1.82) is 0 Å². The number of aliphatic hydroxyl groups excluding tert-OH is 2. The second-order valence-electron chi connectivity index (χ2n) is 19.9. The lowest BCUT2D eigenvalue weighted by Gasteiger charge is -2.40. The lowest BCUT2D eigenvalue weighted by molar-refractivity contribution is -0.301. The van der Waals surface area contributed by atoms with Crippen LogP contribution in [0.5, 0.6) is 0 Å². The van der Waals surface area contributed by atoms with E-state index in [0.29, 0.717) is 19.3 Å². The monoisotopic (exact) mass is 1100 g/mol. The molecule has 1 rings (SSSR count). The molecule has 3 N–H and O–H groups in total. The lowest BCUT2D eigenvalue weighted by Crippen LogP contribution is -2.61. The normalized spacial score (nSPS) is 18.8. The van der Waals surface area contributed by atoms with Crippen LogP contribution in [0.25, 0.3) is 0 Å². The molecule has 0 aromatic rings. The van der Waals surface area contributed by atoms with Crippen molar-refractivity contribution in [3.05, 3.63) is 134 Å². The van der Waals surface area contributed by atoms with Crippen LogP contribution in [0.1, 0.15) is 213 Å². The van der Waals surface area contributed by atoms with E-state index in [2.05, 4.69) is 142 Å². The van der Waals surface area contributed by atoms with E-state index in [9.17, 15) is 34.5 Å². The lowest BCUT2D eigenvalue weighted by atomic mass is 9.98. The van der Waals surface area contributed by atoms with Crippen molar-refractivity contribution in [2.45, 2.75) is 250 Å². The predicted molar refractivity (Wildman–Crippen MR) is 321 cm³/mol. The van der Waals surface area contributed by atoms with Crippen molar-refractivity contribution in [1.82, 2.24) is 0 Å². The number of hydrogen-bond donors (Lipinski definition) is 3. The van der Waals surface area contributed by atoms with Crippen LogP contribution in [0.15, 0.2) is 134 Å². The Bertz CT molecular complexity index is 1880. The van der Waals surface area contributed by atoms with Gasteiger partial charge in [0, 0.05) is 19.3 Å². The number of carboxylic acid groups (broad SMARTS) is 1. The molecular formula is C67H104O12. The number of carboxylic acids is 1. The number of ether oxygens (including phenoxy) is 5. The van der Waals surface area contributed by atoms with Gasteiger partial charge < -0.3 is 39.0 Å². The molecule has 1 saturated heterocycles. The zero-order valence-corrected chi connectivity index (χ0v) is 48.8. The Morgan fingerprint density at radius 3 is 1.27 bits per heavy atom. The van der Waals surface area contributed by atoms with Crippen molar-refractivity contribution in [3.63, 3.8) is 0 Å². The second-order valence-corrected chi connectivity index (χ2v) is 19.9. The first-order chi connectivity index (χ1) is 38.6. The Morgan fingerprint density at radius 2 is 0.823 bits per heavy atom. The van der Waals surface area contributed by atoms with Crippen molar-refractivity contribution < 1.29 is 58.2 Å². The van der Waals surface area contributed by atoms with Crippen molar-refractivity contribution >= 4 is 23.9 Å². The van der Waals surface area contributed by atoms with E-state index in [1.807, 2.05) is 12.2 Å². The molecule has 12 nitrogen and oxygen atoms in total. The maximum absolute atomic E-state index is 13.1. The van der Waals surface area contributed by atoms with Crippen LogP contribution in [-0.2, 0) is 42.9 Å². The van der Waals surface area contributed by atoms with Crippen LogP contribution in [0, 0.1) is 0 Å². The van der Waals surface area contributed by atoms with Crippen molar-refractivity contribution in [3.8, 4) is 0 Å². The summed E-state index contributed by atoms with van der Waals surface area (Å²) in [5, 5.41) is 31.5. The average Bonchev–Trinajstić information content (AvgIpc) is 3.47. The average molecular weight is 1100 g/mol. The number of hydrogen-bond acceptors (Lipinski definition) is 11. The summed E-state index contributed by atoms with van der Waals surface area (Å²) < 4.78 is 28.3. The van der Waals surface area contributed by atoms with Gasteiger partial charge in [0.15, 0.2) is 24.6 Å². The molecular weight excluding hydrogens is 997 g/mol. The van der Waals surface area contributed by atoms with Crippen LogP contribution >= 0.6 is 0 Å². The third kappa shape index (κ3) is 43.4. The molecule has 6 unspecified atom stereocenters. The fourth-order valence-corrected chi connectivity index (χ4v) is 8.15. The summed E-state index contributed by atoms with van der Waals surface area (Å²) in [4.78, 5) is 51.1. The first-order valence-electron chi connectivity index (χ1n) is 30.2. The molecule has 79 heavy (non-hydrogen) atoms. The highest BCUT2D eigenvalue weighted by Crippen LogP contribution is 2.26. The van der Waals surface area contributed by atoms with Gasteiger partial charge in [0.05, 0.1) is 6.61 Å². The number of allylic oxidation sites excluding steroid dienone is 22. The molecule has 1 aliphatic rings. The van der Waals surface area contributed by atoms with Gasteiger partial charge in [-0.2, -0.15) is 0 Å². The van der Waals surface area contributed by atoms with E-state index in [4.69, 9.17) is 23.7 Å². The second kappa shape index (κ2) is 53.5. The minimum absolute atomic E-state index is 0.0331. The van der Waals surface area contributed by atoms with E-state index >= 15 is 0 Å². The molecule has 0 amide bonds. The van der Waals surface area contributed by atoms with Gasteiger partial charge in [-0.25, -0.2) is 4.79 Å². The number of carbonyl (C=O) groups excluding carboxylic acids is 3. The molecule has 6 atom stereocenters. The Balaban J connectivity index is 2.74. The van der Waals surface area contributed by atoms with E-state index < -0.39 is 67.3 Å². The highest BCUT2D eigenvalue weighted by molar-refractivity contribution is 5.74. The van der Waals surface area contributed by atoms with Crippen LogP contribution in [-0.4, -0.2) is 89.2 Å². The van der Waals surface area contributed by atoms with Gasteiger partial charge in [0.25, 0.3) is 0 Å². The summed E-state index contributed by atoms with van der Waals surface area (Å²) >= 11 is 0. The maximum atomic E-state index is 13.1. The van der Waals surface area contributed by atoms with E-state index in [0.717, 1.165) is 154 Å². The Morgan fingerprint density at radius 1 is 0.430 bits per heavy atom. The van der Waals surface area contributed by atoms with Gasteiger partial charge in [0.1, 0.15) is 18.8 Å². The van der Waals surface area contributed by atoms with E-state index in [1.165, 1.54) is 0 Å². The van der Waals surface area contributed by atoms with Crippen LogP contribution < -0.4 is 0 Å². The summed E-state index contributed by atoms with van der Waals surface area (Å²) in [6.45, 7) is 5.61. The van der Waals surface area contributed by atoms with Gasteiger partial charge in [-0.05, 0) is 116 Å². The van der Waals surface area contributed by atoms with Gasteiger partial charge in [-0.15, -0.1) is 0 Å². The van der Waals surface area contributed by atoms with Crippen LogP contribution in [0.3, 0.4) is 0 Å². The molecule has 0 radical (unpaired) electrons. The third-order valence-corrected chi connectivity index (χ3v) is 12.7. The minimum atomic E-state index is -1.93. The Kier molecular flexibility index (Phi) is 48.7. The zero-order chi connectivity index (χ0) is 57.5. The van der Waals surface area contributed by atoms with Gasteiger partial charge in [-0.1, -0.05) is 212 Å². The SMILES string of the molecule is CC/C=C\C/C=C\C/C=C\C/C=C\C/C=C\C/C=C\CCC(=O)OCC(COC1OC(C(=O)O)C(O)C(O)C1OC(=O)CCCCCCCCC/C=C\C/C=C\C/C=C\CC)OC(=O)CCCCCCC/C=C\C/C=C\CCC. The van der Waals surface area contributed by atoms with Crippen molar-refractivity contribution in [2.75, 3.05) is 13.2 Å². The van der Waals surface area contributed by atoms with Crippen molar-refractivity contribution in [2.24, 2.45) is 0 Å². The summed E-state index contributed by atoms with van der Waals surface area (Å²) in [6.07, 6.45) is 62.8. The largest absolute Gasteiger partial charge is 0.479 e. The molecule has 1 aliphatic heterocycles. The standard InChI is InChI=1S/C67H104O12/c1-4-7-10-13-16-19-22-25-27-29-30-32-33-36-38-41-44-47-50-53-59(68)75-56-58(77-60(69)54-51-48-45-42-39-35-24-21-18-15-12-9-6-3)57-76-67-65(63(72)62(71)64(79-67)66(73)74)78-61(70)55-52-49-46-43-40-37-34-31-28-26-23-20-17-14-11-8-5-2/h7-8,10-12,15-17,19-21,24-28,30,32,36,38,44,47,58,62-65,67,71-72H,4-6,9,13-14,18,22-23,29,31,33-35,37,39-43,45-46,48-57H2,1-3H3,(H,73,74)/b10-7-,11-8-,15-12-,19-16-,20-17-,24-21-,27-25-,28-26-,32-30-,38-36-,47-44-. The molecule has 0 aromatic carbocycles. The smallest absolute Gasteiger partial charge is 0.335 e. The molecule has 0 spiro atoms. The third-order valence-electron chi connectivity index (χ3n) is 12.7. The molecule has 0 aliphatic carbocycles. The van der Waals surface area contributed by atoms with Gasteiger partial charge >= 0.3 is 23.9 Å². The van der Waals surface area contributed by atoms with E-state index in [-0.39, 0.29) is 25.9 Å². The summed E-state index contributed by atoms with van der Waals surface area (Å²) in [5.41, 5.74) is 0. The quantitative estimate of drug-likeness (QED) is 0.0228. The number of aliphatic hydroxyl groups is 2. The number of carbonyl (C=O) groups is 4. The van der Waals surface area contributed by atoms with Gasteiger partial charge in [0.2, 0.25) is 0 Å². The topological polar surface area (TPSA) is 175 Å². The number of rotatable bonds is 49. The molecule has 1 heterocycles. The number of esters is 3. The number of unbranched alkanes of at least 4 members (excludes halogenated alkanes) is 13. The maximum Gasteiger partial charge on any atom is 0.335 e. The predicted octanol–water partition coefficient (Wildman–Crippen LogP) is 15.8.